The number of aromatic amines is 2. The van der Waals surface area contributed by atoms with E-state index in [2.05, 4.69) is 30.7 Å². The maximum atomic E-state index is 13.4. The molecule has 0 saturated heterocycles. The highest BCUT2D eigenvalue weighted by molar-refractivity contribution is 7.98. The summed E-state index contributed by atoms with van der Waals surface area (Å²) in [4.78, 5) is 30.1. The molecule has 0 fully saturated rings. The van der Waals surface area contributed by atoms with Gasteiger partial charge >= 0.3 is 6.18 Å². The molecule has 0 saturated carbocycles. The van der Waals surface area contributed by atoms with Gasteiger partial charge in [-0.15, -0.1) is 0 Å². The Morgan fingerprint density at radius 3 is 2.64 bits per heavy atom. The fourth-order valence-electron chi connectivity index (χ4n) is 2.35. The highest BCUT2D eigenvalue weighted by Crippen LogP contribution is 2.38. The second kappa shape index (κ2) is 7.34. The molecule has 0 bridgehead atoms. The fourth-order valence-corrected chi connectivity index (χ4v) is 2.72. The number of carbonyl (C=O) groups excluding carboxylic acids is 1. The normalized spacial score (nSPS) is 11.4. The number of carbonyl (C=O) groups is 1. The predicted octanol–water partition coefficient (Wildman–Crippen LogP) is 2.25. The van der Waals surface area contributed by atoms with E-state index in [1.807, 2.05) is 0 Å². The monoisotopic (exact) mass is 412 g/mol. The summed E-state index contributed by atoms with van der Waals surface area (Å²) in [6.07, 6.45) is -2.03. The van der Waals surface area contributed by atoms with Crippen molar-refractivity contribution < 1.29 is 23.1 Å². The molecular formula is C15H11F3N6O3S. The molecule has 28 heavy (non-hydrogen) atoms. The van der Waals surface area contributed by atoms with Gasteiger partial charge in [-0.1, -0.05) is 17.8 Å². The number of aromatic nitrogens is 5. The Bertz CT molecular complexity index is 1080. The number of hydrogen-bond acceptors (Lipinski definition) is 7. The lowest BCUT2D eigenvalue weighted by Crippen LogP contribution is -2.24. The SMILES string of the molecule is CSc1nc(O)c(C(=O)Nc2ccc(-c3cn[nH]n3)c(C(F)(F)F)c2)c(=O)[nH]1. The zero-order valence-electron chi connectivity index (χ0n) is 14.0. The first kappa shape index (κ1) is 19.4. The van der Waals surface area contributed by atoms with Gasteiger partial charge in [-0.2, -0.15) is 33.6 Å². The van der Waals surface area contributed by atoms with Gasteiger partial charge in [0.2, 0.25) is 5.88 Å². The van der Waals surface area contributed by atoms with Crippen molar-refractivity contribution in [1.29, 1.82) is 0 Å². The van der Waals surface area contributed by atoms with E-state index in [0.717, 1.165) is 24.0 Å². The first-order valence-corrected chi connectivity index (χ1v) is 8.69. The lowest BCUT2D eigenvalue weighted by Gasteiger charge is -2.14. The van der Waals surface area contributed by atoms with Crippen LogP contribution in [0.5, 0.6) is 5.88 Å². The van der Waals surface area contributed by atoms with Crippen LogP contribution in [0, 0.1) is 0 Å². The molecule has 146 valence electrons. The summed E-state index contributed by atoms with van der Waals surface area (Å²) in [5.41, 5.74) is -3.22. The van der Waals surface area contributed by atoms with Gasteiger partial charge in [0.1, 0.15) is 5.69 Å². The maximum absolute atomic E-state index is 13.4. The Labute approximate surface area is 158 Å². The number of nitrogens with one attached hydrogen (secondary N) is 3. The lowest BCUT2D eigenvalue weighted by molar-refractivity contribution is -0.137. The number of amides is 1. The van der Waals surface area contributed by atoms with E-state index in [0.29, 0.717) is 6.07 Å². The average molecular weight is 412 g/mol. The molecule has 0 aliphatic heterocycles. The fraction of sp³-hybridized carbons (Fsp3) is 0.133. The summed E-state index contributed by atoms with van der Waals surface area (Å²) in [7, 11) is 0. The van der Waals surface area contributed by atoms with Gasteiger partial charge in [-0.3, -0.25) is 9.59 Å². The quantitative estimate of drug-likeness (QED) is 0.381. The zero-order chi connectivity index (χ0) is 20.5. The van der Waals surface area contributed by atoms with Crippen LogP contribution in [0.25, 0.3) is 11.3 Å². The molecule has 2 heterocycles. The van der Waals surface area contributed by atoms with E-state index in [4.69, 9.17) is 0 Å². The third-order valence-corrected chi connectivity index (χ3v) is 4.15. The van der Waals surface area contributed by atoms with Gasteiger partial charge in [0.05, 0.1) is 11.8 Å². The van der Waals surface area contributed by atoms with Crippen molar-refractivity contribution in [2.24, 2.45) is 0 Å². The molecular weight excluding hydrogens is 401 g/mol. The largest absolute Gasteiger partial charge is 0.493 e. The van der Waals surface area contributed by atoms with Crippen LogP contribution in [0.3, 0.4) is 0 Å². The maximum Gasteiger partial charge on any atom is 0.417 e. The van der Waals surface area contributed by atoms with E-state index in [1.165, 1.54) is 6.07 Å². The first-order valence-electron chi connectivity index (χ1n) is 7.46. The number of H-pyrrole nitrogens is 2. The zero-order valence-corrected chi connectivity index (χ0v) is 14.8. The van der Waals surface area contributed by atoms with Crippen molar-refractivity contribution in [3.05, 3.63) is 45.9 Å². The van der Waals surface area contributed by atoms with Crippen LogP contribution < -0.4 is 10.9 Å². The molecule has 2 aromatic heterocycles. The molecule has 0 radical (unpaired) electrons. The minimum Gasteiger partial charge on any atom is -0.493 e. The summed E-state index contributed by atoms with van der Waals surface area (Å²) < 4.78 is 40.2. The number of anilines is 1. The number of halogens is 3. The first-order chi connectivity index (χ1) is 13.2. The number of benzene rings is 1. The summed E-state index contributed by atoms with van der Waals surface area (Å²) in [5, 5.41) is 21.4. The molecule has 0 unspecified atom stereocenters. The third-order valence-electron chi connectivity index (χ3n) is 3.57. The summed E-state index contributed by atoms with van der Waals surface area (Å²) >= 11 is 1.03. The van der Waals surface area contributed by atoms with Gasteiger partial charge < -0.3 is 15.4 Å². The van der Waals surface area contributed by atoms with Crippen LogP contribution in [0.4, 0.5) is 18.9 Å². The van der Waals surface area contributed by atoms with Gasteiger partial charge in [-0.05, 0) is 18.4 Å². The molecule has 0 spiro atoms. The minimum atomic E-state index is -4.74. The van der Waals surface area contributed by atoms with E-state index in [9.17, 15) is 27.9 Å². The highest BCUT2D eigenvalue weighted by atomic mass is 32.2. The van der Waals surface area contributed by atoms with Crippen LogP contribution in [-0.4, -0.2) is 42.6 Å². The number of hydrogen-bond donors (Lipinski definition) is 4. The van der Waals surface area contributed by atoms with Crippen LogP contribution in [0.2, 0.25) is 0 Å². The second-order valence-electron chi connectivity index (χ2n) is 5.34. The highest BCUT2D eigenvalue weighted by Gasteiger charge is 2.35. The van der Waals surface area contributed by atoms with Crippen LogP contribution in [0.1, 0.15) is 15.9 Å². The van der Waals surface area contributed by atoms with Crippen molar-refractivity contribution in [3.63, 3.8) is 0 Å². The van der Waals surface area contributed by atoms with Crippen LogP contribution >= 0.6 is 11.8 Å². The second-order valence-corrected chi connectivity index (χ2v) is 6.14. The van der Waals surface area contributed by atoms with E-state index < -0.39 is 34.6 Å². The predicted molar refractivity (Wildman–Crippen MR) is 93.1 cm³/mol. The van der Waals surface area contributed by atoms with Gasteiger partial charge in [0.15, 0.2) is 10.7 Å². The number of aromatic hydroxyl groups is 1. The van der Waals surface area contributed by atoms with Crippen LogP contribution in [-0.2, 0) is 6.18 Å². The Balaban J connectivity index is 1.98. The molecule has 1 aromatic carbocycles. The van der Waals surface area contributed by atoms with E-state index >= 15 is 0 Å². The average Bonchev–Trinajstić information content (AvgIpc) is 3.14. The van der Waals surface area contributed by atoms with Crippen molar-refractivity contribution in [2.45, 2.75) is 11.3 Å². The van der Waals surface area contributed by atoms with Gasteiger partial charge in [0, 0.05) is 11.3 Å². The molecule has 3 aromatic rings. The minimum absolute atomic E-state index is 0.0313. The van der Waals surface area contributed by atoms with Gasteiger partial charge in [0.25, 0.3) is 11.5 Å². The van der Waals surface area contributed by atoms with Gasteiger partial charge in [-0.25, -0.2) is 0 Å². The Morgan fingerprint density at radius 2 is 2.07 bits per heavy atom. The van der Waals surface area contributed by atoms with Crippen molar-refractivity contribution >= 4 is 23.4 Å². The molecule has 0 aliphatic carbocycles. The summed E-state index contributed by atoms with van der Waals surface area (Å²) in [6.45, 7) is 0. The summed E-state index contributed by atoms with van der Waals surface area (Å²) in [5.74, 6) is -1.94. The van der Waals surface area contributed by atoms with Crippen molar-refractivity contribution in [2.75, 3.05) is 11.6 Å². The number of alkyl halides is 3. The molecule has 13 heteroatoms. The summed E-state index contributed by atoms with van der Waals surface area (Å²) in [6, 6.07) is 3.00. The number of nitrogens with zero attached hydrogens (tertiary/aromatic N) is 3. The smallest absolute Gasteiger partial charge is 0.417 e. The molecule has 4 N–H and O–H groups in total. The third kappa shape index (κ3) is 3.83. The Hall–Kier alpha value is -3.35. The molecule has 0 aliphatic rings. The van der Waals surface area contributed by atoms with Crippen molar-refractivity contribution in [1.82, 2.24) is 25.4 Å². The number of rotatable bonds is 4. The van der Waals surface area contributed by atoms with E-state index in [-0.39, 0.29) is 22.1 Å². The molecule has 1 amide bonds. The lowest BCUT2D eigenvalue weighted by atomic mass is 10.0. The standard InChI is InChI=1S/C15H11F3N6O3S/c1-28-14-21-12(26)10(13(27)22-14)11(25)20-6-2-3-7(9-5-19-24-23-9)8(4-6)15(16,17)18/h2-5H,1H3,(H,20,25)(H,19,23,24)(H2,21,22,26,27). The van der Waals surface area contributed by atoms with Crippen molar-refractivity contribution in [3.8, 4) is 17.1 Å². The topological polar surface area (TPSA) is 137 Å². The molecule has 0 atom stereocenters. The Kier molecular flexibility index (Phi) is 5.09. The van der Waals surface area contributed by atoms with E-state index in [1.54, 1.807) is 6.26 Å². The molecule has 3 rings (SSSR count). The van der Waals surface area contributed by atoms with Crippen LogP contribution in [0.15, 0.2) is 34.3 Å². The Morgan fingerprint density at radius 1 is 1.32 bits per heavy atom. The number of thioether (sulfide) groups is 1. The molecule has 9 nitrogen and oxygen atoms in total.